The molecule has 2 aliphatic rings. The lowest BCUT2D eigenvalue weighted by Gasteiger charge is -2.26. The number of carbonyl (C=O) groups excluding carboxylic acids is 2. The summed E-state index contributed by atoms with van der Waals surface area (Å²) in [5, 5.41) is 0. The van der Waals surface area contributed by atoms with E-state index in [2.05, 4.69) is 0 Å². The Labute approximate surface area is 217 Å². The zero-order valence-electron chi connectivity index (χ0n) is 21.8. The molecule has 2 heterocycles. The molecule has 0 bridgehead atoms. The molecule has 0 N–H and O–H groups in total. The van der Waals surface area contributed by atoms with Gasteiger partial charge in [0.05, 0.1) is 17.2 Å². The lowest BCUT2D eigenvalue weighted by molar-refractivity contribution is -0.154. The third-order valence-electron chi connectivity index (χ3n) is 6.37. The summed E-state index contributed by atoms with van der Waals surface area (Å²) in [6.07, 6.45) is 2.00. The third kappa shape index (κ3) is 6.35. The van der Waals surface area contributed by atoms with Gasteiger partial charge in [0.1, 0.15) is 18.0 Å². The van der Waals surface area contributed by atoms with Crippen LogP contribution in [0.15, 0.2) is 60.4 Å². The fourth-order valence-corrected chi connectivity index (χ4v) is 4.76. The van der Waals surface area contributed by atoms with Crippen LogP contribution < -0.4 is 0 Å². The molecule has 1 fully saturated rings. The second kappa shape index (κ2) is 11.0. The summed E-state index contributed by atoms with van der Waals surface area (Å²) >= 11 is 0. The second-order valence-corrected chi connectivity index (χ2v) is 10.1. The van der Waals surface area contributed by atoms with Crippen molar-refractivity contribution in [1.29, 1.82) is 0 Å². The minimum Gasteiger partial charge on any atom is -0.459 e. The molecule has 0 spiro atoms. The number of ether oxygens (including phenoxy) is 4. The molecule has 0 radical (unpaired) electrons. The number of carbonyl (C=O) groups is 2. The van der Waals surface area contributed by atoms with Gasteiger partial charge in [-0.2, -0.15) is 0 Å². The fourth-order valence-electron chi connectivity index (χ4n) is 4.76. The van der Waals surface area contributed by atoms with Crippen molar-refractivity contribution in [2.75, 3.05) is 0 Å². The number of hydrogen-bond donors (Lipinski definition) is 0. The van der Waals surface area contributed by atoms with Crippen molar-refractivity contribution in [2.24, 2.45) is 0 Å². The van der Waals surface area contributed by atoms with E-state index in [4.69, 9.17) is 18.9 Å². The van der Waals surface area contributed by atoms with E-state index in [1.807, 2.05) is 38.1 Å². The third-order valence-corrected chi connectivity index (χ3v) is 6.37. The zero-order chi connectivity index (χ0) is 26.7. The molecule has 0 amide bonds. The van der Waals surface area contributed by atoms with Crippen molar-refractivity contribution >= 4 is 18.0 Å². The standard InChI is InChI=1S/C30H33FO6/c1-18-16-19(2)25-22(17-18)12-9-13-24-27(37-30(4,5)36-24)26(23(31)15-14-20(3)34-29(25)33)35-28(32)21-10-7-6-8-11-21/h6-12,15-17,20,24,26-27H,13-14H2,1-5H3/b12-9+,23-15+/t20?,24-,26?,27?/m1/s1. The summed E-state index contributed by atoms with van der Waals surface area (Å²) in [5.74, 6) is -2.83. The summed E-state index contributed by atoms with van der Waals surface area (Å²) in [4.78, 5) is 25.9. The van der Waals surface area contributed by atoms with Crippen LogP contribution in [-0.2, 0) is 18.9 Å². The highest BCUT2D eigenvalue weighted by atomic mass is 19.1. The molecule has 2 aromatic carbocycles. The number of rotatable bonds is 2. The van der Waals surface area contributed by atoms with Gasteiger partial charge >= 0.3 is 11.9 Å². The van der Waals surface area contributed by atoms with Gasteiger partial charge < -0.3 is 18.9 Å². The van der Waals surface area contributed by atoms with E-state index in [1.54, 1.807) is 51.1 Å². The summed E-state index contributed by atoms with van der Waals surface area (Å²) < 4.78 is 39.2. The van der Waals surface area contributed by atoms with Gasteiger partial charge in [0.2, 0.25) is 0 Å². The van der Waals surface area contributed by atoms with Crippen LogP contribution in [0.25, 0.3) is 6.08 Å². The molecule has 3 unspecified atom stereocenters. The first kappa shape index (κ1) is 26.8. The average Bonchev–Trinajstić information content (AvgIpc) is 3.14. The highest BCUT2D eigenvalue weighted by Gasteiger charge is 2.47. The van der Waals surface area contributed by atoms with E-state index in [1.165, 1.54) is 6.08 Å². The van der Waals surface area contributed by atoms with Crippen LogP contribution in [0, 0.1) is 13.8 Å². The number of hydrogen-bond acceptors (Lipinski definition) is 6. The van der Waals surface area contributed by atoms with Crippen molar-refractivity contribution in [2.45, 2.75) is 77.7 Å². The minimum atomic E-state index is -1.34. The Balaban J connectivity index is 1.73. The van der Waals surface area contributed by atoms with E-state index in [-0.39, 0.29) is 6.42 Å². The predicted molar refractivity (Wildman–Crippen MR) is 138 cm³/mol. The molecule has 4 rings (SSSR count). The van der Waals surface area contributed by atoms with Gasteiger partial charge in [-0.05, 0) is 70.4 Å². The Morgan fingerprint density at radius 1 is 1.08 bits per heavy atom. The first-order chi connectivity index (χ1) is 17.5. The summed E-state index contributed by atoms with van der Waals surface area (Å²) in [5.41, 5.74) is 3.33. The monoisotopic (exact) mass is 508 g/mol. The number of benzene rings is 2. The molecule has 6 nitrogen and oxygen atoms in total. The largest absolute Gasteiger partial charge is 0.459 e. The Hall–Kier alpha value is -3.29. The molecule has 4 atom stereocenters. The van der Waals surface area contributed by atoms with Crippen LogP contribution >= 0.6 is 0 Å². The Kier molecular flexibility index (Phi) is 7.95. The number of halogens is 1. The van der Waals surface area contributed by atoms with Gasteiger partial charge in [0.25, 0.3) is 0 Å². The van der Waals surface area contributed by atoms with E-state index in [0.717, 1.165) is 16.7 Å². The maximum atomic E-state index is 15.7. The van der Waals surface area contributed by atoms with Gasteiger partial charge in [0.15, 0.2) is 11.9 Å². The number of esters is 2. The molecule has 2 aliphatic heterocycles. The van der Waals surface area contributed by atoms with Crippen LogP contribution in [0.2, 0.25) is 0 Å². The smallest absolute Gasteiger partial charge is 0.339 e. The van der Waals surface area contributed by atoms with Crippen molar-refractivity contribution in [1.82, 2.24) is 0 Å². The molecule has 2 aromatic rings. The molecule has 7 heteroatoms. The van der Waals surface area contributed by atoms with Crippen LogP contribution in [0.4, 0.5) is 4.39 Å². The van der Waals surface area contributed by atoms with E-state index in [0.29, 0.717) is 17.5 Å². The maximum absolute atomic E-state index is 15.7. The fraction of sp³-hybridized carbons (Fsp3) is 0.400. The number of aryl methyl sites for hydroxylation is 2. The van der Waals surface area contributed by atoms with Crippen LogP contribution in [0.5, 0.6) is 0 Å². The first-order valence-corrected chi connectivity index (χ1v) is 12.5. The highest BCUT2D eigenvalue weighted by Crippen LogP contribution is 2.36. The van der Waals surface area contributed by atoms with Gasteiger partial charge in [-0.25, -0.2) is 14.0 Å². The van der Waals surface area contributed by atoms with E-state index in [9.17, 15) is 9.59 Å². The van der Waals surface area contributed by atoms with Crippen molar-refractivity contribution in [3.63, 3.8) is 0 Å². The molecule has 0 saturated carbocycles. The SMILES string of the molecule is Cc1cc(C)c2c(c1)/C=C/C[C@H]1OC(C)(C)OC1C(OC(=O)c1ccccc1)/C(F)=C\CC(C)OC2=O. The van der Waals surface area contributed by atoms with Crippen molar-refractivity contribution in [3.05, 3.63) is 88.3 Å². The van der Waals surface area contributed by atoms with Crippen molar-refractivity contribution < 1.29 is 32.9 Å². The minimum absolute atomic E-state index is 0.0919. The Bertz CT molecular complexity index is 1220. The van der Waals surface area contributed by atoms with Crippen molar-refractivity contribution in [3.8, 4) is 0 Å². The van der Waals surface area contributed by atoms with Crippen LogP contribution in [0.1, 0.15) is 71.0 Å². The number of fused-ring (bicyclic) bond motifs is 2. The van der Waals surface area contributed by atoms with Gasteiger partial charge in [0, 0.05) is 6.42 Å². The topological polar surface area (TPSA) is 71.1 Å². The Morgan fingerprint density at radius 2 is 1.81 bits per heavy atom. The van der Waals surface area contributed by atoms with Crippen LogP contribution in [-0.4, -0.2) is 42.1 Å². The van der Waals surface area contributed by atoms with E-state index < -0.39 is 48.0 Å². The predicted octanol–water partition coefficient (Wildman–Crippen LogP) is 6.25. The molecule has 0 aliphatic carbocycles. The normalized spacial score (nSPS) is 28.1. The number of cyclic esters (lactones) is 1. The zero-order valence-corrected chi connectivity index (χ0v) is 21.8. The molecular weight excluding hydrogens is 475 g/mol. The molecule has 1 saturated heterocycles. The quantitative estimate of drug-likeness (QED) is 0.446. The van der Waals surface area contributed by atoms with Gasteiger partial charge in [-0.3, -0.25) is 0 Å². The Morgan fingerprint density at radius 3 is 2.54 bits per heavy atom. The van der Waals surface area contributed by atoms with Crippen LogP contribution in [0.3, 0.4) is 0 Å². The highest BCUT2D eigenvalue weighted by molar-refractivity contribution is 5.95. The molecule has 0 aromatic heterocycles. The summed E-state index contributed by atoms with van der Waals surface area (Å²) in [7, 11) is 0. The van der Waals surface area contributed by atoms with Gasteiger partial charge in [-0.1, -0.05) is 48.0 Å². The molecule has 37 heavy (non-hydrogen) atoms. The second-order valence-electron chi connectivity index (χ2n) is 10.1. The van der Waals surface area contributed by atoms with E-state index >= 15 is 4.39 Å². The molecule has 196 valence electrons. The lowest BCUT2D eigenvalue weighted by atomic mass is 9.97. The first-order valence-electron chi connectivity index (χ1n) is 12.5. The maximum Gasteiger partial charge on any atom is 0.339 e. The summed E-state index contributed by atoms with van der Waals surface area (Å²) in [6, 6.07) is 12.3. The van der Waals surface area contributed by atoms with Gasteiger partial charge in [-0.15, -0.1) is 0 Å². The lowest BCUT2D eigenvalue weighted by Crippen LogP contribution is -2.39. The average molecular weight is 509 g/mol. The summed E-state index contributed by atoms with van der Waals surface area (Å²) in [6.45, 7) is 9.01. The molecular formula is C30H33FO6.